The summed E-state index contributed by atoms with van der Waals surface area (Å²) in [6, 6.07) is 12.5. The fraction of sp³-hybridized carbons (Fsp3) is 0.458. The molecule has 7 heteroatoms. The monoisotopic (exact) mass is 443 g/mol. The van der Waals surface area contributed by atoms with Gasteiger partial charge < -0.3 is 20.1 Å². The molecule has 0 atom stereocenters. The molecule has 0 radical (unpaired) electrons. The molecule has 2 heterocycles. The largest absolute Gasteiger partial charge is 0.508 e. The summed E-state index contributed by atoms with van der Waals surface area (Å²) in [7, 11) is 0. The van der Waals surface area contributed by atoms with Crippen molar-refractivity contribution >= 4 is 22.6 Å². The maximum Gasteiger partial charge on any atom is 0.161 e. The third kappa shape index (κ3) is 6.69. The van der Waals surface area contributed by atoms with E-state index >= 15 is 0 Å². The van der Waals surface area contributed by atoms with Crippen molar-refractivity contribution in [3.63, 3.8) is 0 Å². The minimum atomic E-state index is -0.194. The van der Waals surface area contributed by atoms with Gasteiger partial charge in [-0.1, -0.05) is 23.9 Å². The van der Waals surface area contributed by atoms with Crippen LogP contribution in [0.5, 0.6) is 5.75 Å². The van der Waals surface area contributed by atoms with Crippen molar-refractivity contribution in [3.8, 4) is 5.75 Å². The van der Waals surface area contributed by atoms with Gasteiger partial charge in [-0.2, -0.15) is 0 Å². The SMILES string of the molecule is Oc1ccc2c(c1)CSC(=NC1CCN(CCCOCCc3ccc(F)cc3)CC1)N2. The van der Waals surface area contributed by atoms with Crippen molar-refractivity contribution in [3.05, 3.63) is 59.4 Å². The Morgan fingerprint density at radius 2 is 1.94 bits per heavy atom. The molecule has 0 spiro atoms. The first-order valence-electron chi connectivity index (χ1n) is 11.0. The molecule has 1 saturated heterocycles. The maximum atomic E-state index is 12.9. The van der Waals surface area contributed by atoms with E-state index in [0.29, 0.717) is 18.4 Å². The van der Waals surface area contributed by atoms with Crippen molar-refractivity contribution in [1.29, 1.82) is 0 Å². The van der Waals surface area contributed by atoms with Crippen LogP contribution < -0.4 is 5.32 Å². The molecule has 31 heavy (non-hydrogen) atoms. The van der Waals surface area contributed by atoms with Crippen LogP contribution in [-0.4, -0.2) is 54.1 Å². The summed E-state index contributed by atoms with van der Waals surface area (Å²) in [6.07, 6.45) is 4.02. The summed E-state index contributed by atoms with van der Waals surface area (Å²) in [6.45, 7) is 4.65. The zero-order chi connectivity index (χ0) is 21.5. The third-order valence-corrected chi connectivity index (χ3v) is 6.70. The van der Waals surface area contributed by atoms with E-state index in [2.05, 4.69) is 10.2 Å². The summed E-state index contributed by atoms with van der Waals surface area (Å²) >= 11 is 1.71. The molecule has 0 saturated carbocycles. The number of anilines is 1. The van der Waals surface area contributed by atoms with Gasteiger partial charge >= 0.3 is 0 Å². The van der Waals surface area contributed by atoms with Gasteiger partial charge in [0.15, 0.2) is 5.17 Å². The van der Waals surface area contributed by atoms with Crippen molar-refractivity contribution in [2.45, 2.75) is 37.5 Å². The molecule has 0 amide bonds. The number of fused-ring (bicyclic) bond motifs is 1. The summed E-state index contributed by atoms with van der Waals surface area (Å²) in [5.74, 6) is 0.961. The third-order valence-electron chi connectivity index (χ3n) is 5.76. The highest BCUT2D eigenvalue weighted by Crippen LogP contribution is 2.31. The van der Waals surface area contributed by atoms with Gasteiger partial charge in [0.2, 0.25) is 0 Å². The predicted molar refractivity (Wildman–Crippen MR) is 125 cm³/mol. The molecule has 4 rings (SSSR count). The number of hydrogen-bond acceptors (Lipinski definition) is 5. The molecule has 0 bridgehead atoms. The number of phenols is 1. The van der Waals surface area contributed by atoms with Crippen molar-refractivity contribution in [2.75, 3.05) is 38.2 Å². The summed E-state index contributed by atoms with van der Waals surface area (Å²) in [4.78, 5) is 7.44. The quantitative estimate of drug-likeness (QED) is 0.459. The molecular weight excluding hydrogens is 413 g/mol. The minimum Gasteiger partial charge on any atom is -0.508 e. The first-order valence-corrected chi connectivity index (χ1v) is 12.0. The van der Waals surface area contributed by atoms with Crippen LogP contribution in [0.2, 0.25) is 0 Å². The van der Waals surface area contributed by atoms with Crippen molar-refractivity contribution in [2.24, 2.45) is 4.99 Å². The number of thioether (sulfide) groups is 1. The van der Waals surface area contributed by atoms with E-state index in [1.807, 2.05) is 24.3 Å². The number of phenolic OH excluding ortho intramolecular Hbond substituents is 1. The second kappa shape index (κ2) is 11.0. The summed E-state index contributed by atoms with van der Waals surface area (Å²) < 4.78 is 18.7. The number of piperidine rings is 1. The number of halogens is 1. The number of rotatable bonds is 8. The molecule has 166 valence electrons. The standard InChI is InChI=1S/C24H30FN3O2S/c25-20-4-2-18(3-5-20)10-15-30-14-1-11-28-12-8-21(9-13-28)26-24-27-23-7-6-22(29)16-19(23)17-31-24/h2-7,16,21,29H,1,8-15,17H2,(H,26,27). The number of aliphatic imine (C=N–C) groups is 1. The molecule has 2 N–H and O–H groups in total. The molecule has 1 fully saturated rings. The number of nitrogens with zero attached hydrogens (tertiary/aromatic N) is 2. The Morgan fingerprint density at radius 1 is 1.13 bits per heavy atom. The topological polar surface area (TPSA) is 57.1 Å². The Kier molecular flexibility index (Phi) is 7.83. The molecule has 0 aliphatic carbocycles. The van der Waals surface area contributed by atoms with E-state index in [-0.39, 0.29) is 5.82 Å². The van der Waals surface area contributed by atoms with E-state index in [1.165, 1.54) is 12.1 Å². The van der Waals surface area contributed by atoms with E-state index < -0.39 is 0 Å². The van der Waals surface area contributed by atoms with Crippen molar-refractivity contribution < 1.29 is 14.2 Å². The average Bonchev–Trinajstić information content (AvgIpc) is 2.78. The van der Waals surface area contributed by atoms with Gasteiger partial charge in [-0.05, 0) is 67.1 Å². The van der Waals surface area contributed by atoms with Gasteiger partial charge in [-0.25, -0.2) is 4.39 Å². The molecule has 2 aromatic rings. The highest BCUT2D eigenvalue weighted by Gasteiger charge is 2.21. The zero-order valence-corrected chi connectivity index (χ0v) is 18.5. The molecule has 5 nitrogen and oxygen atoms in total. The lowest BCUT2D eigenvalue weighted by atomic mass is 10.1. The number of benzene rings is 2. The lowest BCUT2D eigenvalue weighted by Gasteiger charge is -2.31. The van der Waals surface area contributed by atoms with Gasteiger partial charge in [0.1, 0.15) is 11.6 Å². The van der Waals surface area contributed by atoms with Gasteiger partial charge in [-0.3, -0.25) is 4.99 Å². The van der Waals surface area contributed by atoms with Crippen molar-refractivity contribution in [1.82, 2.24) is 4.90 Å². The molecule has 2 aliphatic rings. The van der Waals surface area contributed by atoms with Gasteiger partial charge in [0, 0.05) is 37.7 Å². The summed E-state index contributed by atoms with van der Waals surface area (Å²) in [5.41, 5.74) is 3.28. The Labute approximate surface area is 187 Å². The van der Waals surface area contributed by atoms with Crippen LogP contribution in [0.3, 0.4) is 0 Å². The van der Waals surface area contributed by atoms with Crippen LogP contribution in [0.1, 0.15) is 30.4 Å². The number of ether oxygens (including phenoxy) is 1. The first kappa shape index (κ1) is 22.1. The smallest absolute Gasteiger partial charge is 0.161 e. The number of amidine groups is 1. The Hall–Kier alpha value is -2.09. The Balaban J connectivity index is 1.10. The maximum absolute atomic E-state index is 12.9. The lowest BCUT2D eigenvalue weighted by molar-refractivity contribution is 0.118. The number of nitrogens with one attached hydrogen (secondary N) is 1. The molecular formula is C24H30FN3O2S. The Morgan fingerprint density at radius 3 is 2.74 bits per heavy atom. The summed E-state index contributed by atoms with van der Waals surface area (Å²) in [5, 5.41) is 14.0. The number of likely N-dealkylation sites (tertiary alicyclic amines) is 1. The van der Waals surface area contributed by atoms with Crippen LogP contribution >= 0.6 is 11.8 Å². The molecule has 2 aliphatic heterocycles. The first-order chi connectivity index (χ1) is 15.2. The molecule has 0 aromatic heterocycles. The van der Waals surface area contributed by atoms with Crippen LogP contribution in [0.15, 0.2) is 47.5 Å². The second-order valence-corrected chi connectivity index (χ2v) is 9.07. The number of hydrogen-bond donors (Lipinski definition) is 2. The van der Waals surface area contributed by atoms with E-state index in [1.54, 1.807) is 17.8 Å². The fourth-order valence-electron chi connectivity index (χ4n) is 3.96. The lowest BCUT2D eigenvalue weighted by Crippen LogP contribution is -2.36. The van der Waals surface area contributed by atoms with Crippen LogP contribution in [0, 0.1) is 5.82 Å². The van der Waals surface area contributed by atoms with Gasteiger partial charge in [-0.15, -0.1) is 0 Å². The van der Waals surface area contributed by atoms with Gasteiger partial charge in [0.05, 0.1) is 12.6 Å². The van der Waals surface area contributed by atoms with E-state index in [4.69, 9.17) is 9.73 Å². The average molecular weight is 444 g/mol. The van der Waals surface area contributed by atoms with Crippen LogP contribution in [0.4, 0.5) is 10.1 Å². The Bertz CT molecular complexity index is 883. The van der Waals surface area contributed by atoms with Crippen LogP contribution in [0.25, 0.3) is 0 Å². The van der Waals surface area contributed by atoms with E-state index in [9.17, 15) is 9.50 Å². The predicted octanol–water partition coefficient (Wildman–Crippen LogP) is 4.66. The fourth-order valence-corrected chi connectivity index (χ4v) is 4.90. The van der Waals surface area contributed by atoms with Gasteiger partial charge in [0.25, 0.3) is 0 Å². The second-order valence-electron chi connectivity index (χ2n) is 8.10. The number of aromatic hydroxyl groups is 1. The highest BCUT2D eigenvalue weighted by molar-refractivity contribution is 8.13. The molecule has 2 aromatic carbocycles. The normalized spacial score (nSPS) is 18.7. The minimum absolute atomic E-state index is 0.194. The molecule has 0 unspecified atom stereocenters. The van der Waals surface area contributed by atoms with Crippen LogP contribution in [-0.2, 0) is 16.9 Å². The zero-order valence-electron chi connectivity index (χ0n) is 17.7. The van der Waals surface area contributed by atoms with E-state index in [0.717, 1.165) is 79.7 Å². The highest BCUT2D eigenvalue weighted by atomic mass is 32.2.